The van der Waals surface area contributed by atoms with E-state index < -0.39 is 23.6 Å². The van der Waals surface area contributed by atoms with Gasteiger partial charge in [0, 0.05) is 37.5 Å². The van der Waals surface area contributed by atoms with Crippen LogP contribution in [0.4, 0.5) is 23.4 Å². The first-order chi connectivity index (χ1) is 16.1. The van der Waals surface area contributed by atoms with Crippen LogP contribution in [0.25, 0.3) is 10.9 Å². The number of nitrogens with one attached hydrogen (secondary N) is 1. The van der Waals surface area contributed by atoms with Gasteiger partial charge in [0.05, 0.1) is 28.0 Å². The first-order valence-corrected chi connectivity index (χ1v) is 11.3. The van der Waals surface area contributed by atoms with Gasteiger partial charge in [-0.1, -0.05) is 12.1 Å². The molecular formula is C24H25F4N5O. The SMILES string of the molecule is Cc1nc(N[C@H](C)c2cccc(C(F)(F)F)c2F)c2cn(C34CCN(CC3)CC4)c(=O)cc2n1. The molecular weight excluding hydrogens is 450 g/mol. The van der Waals surface area contributed by atoms with Gasteiger partial charge in [0.1, 0.15) is 17.5 Å². The summed E-state index contributed by atoms with van der Waals surface area (Å²) in [5.74, 6) is -0.562. The number of hydrogen-bond acceptors (Lipinski definition) is 5. The van der Waals surface area contributed by atoms with Gasteiger partial charge < -0.3 is 14.8 Å². The molecule has 6 nitrogen and oxygen atoms in total. The van der Waals surface area contributed by atoms with Crippen molar-refractivity contribution in [2.24, 2.45) is 0 Å². The normalized spacial score (nSPS) is 23.3. The Labute approximate surface area is 193 Å². The highest BCUT2D eigenvalue weighted by Gasteiger charge is 2.41. The molecule has 3 saturated heterocycles. The van der Waals surface area contributed by atoms with Crippen LogP contribution in [0.5, 0.6) is 0 Å². The van der Waals surface area contributed by atoms with E-state index in [2.05, 4.69) is 20.2 Å². The number of aromatic nitrogens is 3. The number of fused-ring (bicyclic) bond motifs is 4. The van der Waals surface area contributed by atoms with Crippen molar-refractivity contribution < 1.29 is 17.6 Å². The molecule has 5 heterocycles. The topological polar surface area (TPSA) is 63.1 Å². The summed E-state index contributed by atoms with van der Waals surface area (Å²) in [5.41, 5.74) is -1.38. The summed E-state index contributed by atoms with van der Waals surface area (Å²) in [6, 6.07) is 3.92. The Kier molecular flexibility index (Phi) is 5.38. The lowest BCUT2D eigenvalue weighted by atomic mass is 9.79. The molecule has 1 N–H and O–H groups in total. The number of benzene rings is 1. The van der Waals surface area contributed by atoms with Crippen LogP contribution in [0.15, 0.2) is 35.3 Å². The summed E-state index contributed by atoms with van der Waals surface area (Å²) in [5, 5.41) is 3.65. The Morgan fingerprint density at radius 1 is 1.12 bits per heavy atom. The fourth-order valence-corrected chi connectivity index (χ4v) is 5.26. The van der Waals surface area contributed by atoms with E-state index in [1.165, 1.54) is 18.2 Å². The van der Waals surface area contributed by atoms with E-state index in [0.717, 1.165) is 45.0 Å². The van der Waals surface area contributed by atoms with Crippen LogP contribution >= 0.6 is 0 Å². The molecule has 10 heteroatoms. The van der Waals surface area contributed by atoms with Gasteiger partial charge in [-0.2, -0.15) is 13.2 Å². The number of halogens is 4. The van der Waals surface area contributed by atoms with Crippen molar-refractivity contribution in [1.82, 2.24) is 19.4 Å². The number of rotatable bonds is 4. The monoisotopic (exact) mass is 475 g/mol. The summed E-state index contributed by atoms with van der Waals surface area (Å²) in [6.07, 6.45) is -0.405. The maximum absolute atomic E-state index is 14.7. The Balaban J connectivity index is 1.57. The number of nitrogens with zero attached hydrogens (tertiary/aromatic N) is 4. The van der Waals surface area contributed by atoms with Gasteiger partial charge in [0.25, 0.3) is 5.56 Å². The number of aryl methyl sites for hydroxylation is 1. The van der Waals surface area contributed by atoms with Crippen LogP contribution in [-0.4, -0.2) is 39.1 Å². The highest BCUT2D eigenvalue weighted by Crippen LogP contribution is 2.39. The van der Waals surface area contributed by atoms with Crippen LogP contribution in [0.3, 0.4) is 0 Å². The third kappa shape index (κ3) is 3.83. The van der Waals surface area contributed by atoms with Crippen molar-refractivity contribution in [3.05, 3.63) is 63.6 Å². The average molecular weight is 475 g/mol. The fourth-order valence-electron chi connectivity index (χ4n) is 5.26. The Morgan fingerprint density at radius 3 is 2.44 bits per heavy atom. The van der Waals surface area contributed by atoms with E-state index in [1.54, 1.807) is 24.6 Å². The third-order valence-electron chi connectivity index (χ3n) is 7.19. The standard InChI is InChI=1S/C24H25F4N5O/c1-14(16-4-3-5-18(21(16)25)24(26,27)28)29-22-17-13-33(20(34)12-19(17)30-15(2)31-22)23-6-9-32(10-7-23)11-8-23/h3-5,12-14H,6-11H2,1-2H3,(H,29,30,31)/t14-/m1/s1. The van der Waals surface area contributed by atoms with Gasteiger partial charge in [-0.3, -0.25) is 4.79 Å². The molecule has 3 fully saturated rings. The zero-order valence-corrected chi connectivity index (χ0v) is 18.9. The second-order valence-corrected chi connectivity index (χ2v) is 9.29. The minimum atomic E-state index is -4.79. The molecule has 2 aromatic heterocycles. The number of alkyl halides is 3. The maximum atomic E-state index is 14.7. The highest BCUT2D eigenvalue weighted by molar-refractivity contribution is 5.88. The lowest BCUT2D eigenvalue weighted by Gasteiger charge is -2.49. The Bertz CT molecular complexity index is 1300. The number of piperidine rings is 3. The summed E-state index contributed by atoms with van der Waals surface area (Å²) >= 11 is 0. The van der Waals surface area contributed by atoms with Crippen molar-refractivity contribution in [2.75, 3.05) is 25.0 Å². The molecule has 1 aromatic carbocycles. The van der Waals surface area contributed by atoms with Gasteiger partial charge in [-0.25, -0.2) is 14.4 Å². The predicted molar refractivity (Wildman–Crippen MR) is 120 cm³/mol. The van der Waals surface area contributed by atoms with E-state index in [4.69, 9.17) is 0 Å². The summed E-state index contributed by atoms with van der Waals surface area (Å²) in [7, 11) is 0. The first kappa shape index (κ1) is 22.8. The molecule has 0 amide bonds. The van der Waals surface area contributed by atoms with Crippen LogP contribution in [0.1, 0.15) is 49.2 Å². The molecule has 3 aliphatic rings. The Morgan fingerprint density at radius 2 is 1.79 bits per heavy atom. The van der Waals surface area contributed by atoms with Gasteiger partial charge in [-0.05, 0) is 39.2 Å². The maximum Gasteiger partial charge on any atom is 0.419 e. The molecule has 3 aliphatic heterocycles. The second-order valence-electron chi connectivity index (χ2n) is 9.29. The minimum absolute atomic E-state index is 0.120. The van der Waals surface area contributed by atoms with Gasteiger partial charge >= 0.3 is 6.18 Å². The zero-order chi connectivity index (χ0) is 24.3. The quantitative estimate of drug-likeness (QED) is 0.558. The van der Waals surface area contributed by atoms with E-state index in [0.29, 0.717) is 22.5 Å². The summed E-state index contributed by atoms with van der Waals surface area (Å²) in [4.78, 5) is 24.3. The number of hydrogen-bond donors (Lipinski definition) is 1. The number of anilines is 1. The Hall–Kier alpha value is -3.01. The van der Waals surface area contributed by atoms with Crippen LogP contribution < -0.4 is 10.9 Å². The van der Waals surface area contributed by atoms with E-state index in [-0.39, 0.29) is 16.7 Å². The predicted octanol–water partition coefficient (Wildman–Crippen LogP) is 4.63. The van der Waals surface area contributed by atoms with Gasteiger partial charge in [-0.15, -0.1) is 0 Å². The lowest BCUT2D eigenvalue weighted by Crippen LogP contribution is -2.55. The second kappa shape index (κ2) is 8.04. The molecule has 34 heavy (non-hydrogen) atoms. The van der Waals surface area contributed by atoms with E-state index >= 15 is 0 Å². The molecule has 0 radical (unpaired) electrons. The largest absolute Gasteiger partial charge is 0.419 e. The molecule has 1 atom stereocenters. The average Bonchev–Trinajstić information content (AvgIpc) is 2.79. The van der Waals surface area contributed by atoms with Crippen molar-refractivity contribution in [1.29, 1.82) is 0 Å². The van der Waals surface area contributed by atoms with Crippen LogP contribution in [0, 0.1) is 12.7 Å². The van der Waals surface area contributed by atoms with Gasteiger partial charge in [0.15, 0.2) is 0 Å². The molecule has 6 rings (SSSR count). The van der Waals surface area contributed by atoms with Crippen molar-refractivity contribution in [3.8, 4) is 0 Å². The highest BCUT2D eigenvalue weighted by atomic mass is 19.4. The van der Waals surface area contributed by atoms with Crippen molar-refractivity contribution in [3.63, 3.8) is 0 Å². The van der Waals surface area contributed by atoms with Crippen LogP contribution in [-0.2, 0) is 11.7 Å². The van der Waals surface area contributed by atoms with Gasteiger partial charge in [0.2, 0.25) is 0 Å². The van der Waals surface area contributed by atoms with Crippen molar-refractivity contribution in [2.45, 2.75) is 50.9 Å². The zero-order valence-electron chi connectivity index (χ0n) is 18.9. The first-order valence-electron chi connectivity index (χ1n) is 11.3. The molecule has 0 aliphatic carbocycles. The van der Waals surface area contributed by atoms with Crippen molar-refractivity contribution >= 4 is 16.7 Å². The molecule has 3 aromatic rings. The molecule has 0 unspecified atom stereocenters. The summed E-state index contributed by atoms with van der Waals surface area (Å²) < 4.78 is 56.1. The third-order valence-corrected chi connectivity index (χ3v) is 7.19. The molecule has 2 bridgehead atoms. The minimum Gasteiger partial charge on any atom is -0.363 e. The lowest BCUT2D eigenvalue weighted by molar-refractivity contribution is -0.140. The van der Waals surface area contributed by atoms with E-state index in [1.807, 2.05) is 0 Å². The molecule has 0 spiro atoms. The van der Waals surface area contributed by atoms with Crippen LogP contribution in [0.2, 0.25) is 0 Å². The number of pyridine rings is 1. The van der Waals surface area contributed by atoms with E-state index in [9.17, 15) is 22.4 Å². The summed E-state index contributed by atoms with van der Waals surface area (Å²) in [6.45, 7) is 6.05. The molecule has 180 valence electrons. The molecule has 0 saturated carbocycles. The smallest absolute Gasteiger partial charge is 0.363 e. The fraction of sp³-hybridized carbons (Fsp3) is 0.458.